The number of carboxylic acids is 1. The van der Waals surface area contributed by atoms with Gasteiger partial charge in [0.2, 0.25) is 15.9 Å². The molecule has 0 unspecified atom stereocenters. The van der Waals surface area contributed by atoms with Crippen molar-refractivity contribution in [2.45, 2.75) is 57.9 Å². The standard InChI is InChI=1S/C20H28N2O5S2/c1-3-18(23)22(15-9-11-21(12-10-15)29(2,26)27)16-13-17(28-19(16)20(24)25)14-7-5-4-6-8-14/h7,13,15H,3-6,8-12H2,1-2H3,(H,24,25). The molecular formula is C20H28N2O5S2. The highest BCUT2D eigenvalue weighted by Crippen LogP contribution is 2.39. The lowest BCUT2D eigenvalue weighted by Gasteiger charge is -2.37. The molecule has 1 aromatic heterocycles. The number of allylic oxidation sites excluding steroid dienone is 2. The van der Waals surface area contributed by atoms with Gasteiger partial charge in [0, 0.05) is 30.4 Å². The van der Waals surface area contributed by atoms with Gasteiger partial charge in [0.05, 0.1) is 11.9 Å². The summed E-state index contributed by atoms with van der Waals surface area (Å²) in [7, 11) is -3.27. The van der Waals surface area contributed by atoms with Crippen LogP contribution in [0, 0.1) is 0 Å². The lowest BCUT2D eigenvalue weighted by molar-refractivity contribution is -0.118. The lowest BCUT2D eigenvalue weighted by Crippen LogP contribution is -2.49. The molecule has 160 valence electrons. The van der Waals surface area contributed by atoms with Gasteiger partial charge < -0.3 is 10.0 Å². The van der Waals surface area contributed by atoms with Crippen molar-refractivity contribution in [2.75, 3.05) is 24.2 Å². The molecule has 1 aromatic rings. The Balaban J connectivity index is 1.95. The molecule has 9 heteroatoms. The minimum Gasteiger partial charge on any atom is -0.477 e. The predicted molar refractivity (Wildman–Crippen MR) is 115 cm³/mol. The SMILES string of the molecule is CCC(=O)N(c1cc(C2=CCCCC2)sc1C(=O)O)C1CCN(S(C)(=O)=O)CC1. The fourth-order valence-corrected chi connectivity index (χ4v) is 6.00. The normalized spacial score (nSPS) is 19.0. The maximum absolute atomic E-state index is 12.8. The largest absolute Gasteiger partial charge is 0.477 e. The number of carboxylic acid groups (broad SMARTS) is 1. The number of thiophene rings is 1. The zero-order chi connectivity index (χ0) is 21.2. The average Bonchev–Trinajstić information content (AvgIpc) is 3.13. The Labute approximate surface area is 176 Å². The van der Waals surface area contributed by atoms with Crippen LogP contribution in [-0.2, 0) is 14.8 Å². The number of carbonyl (C=O) groups excluding carboxylic acids is 1. The number of piperidine rings is 1. The van der Waals surface area contributed by atoms with Crippen LogP contribution in [-0.4, -0.2) is 55.1 Å². The van der Waals surface area contributed by atoms with E-state index in [0.717, 1.165) is 36.1 Å². The van der Waals surface area contributed by atoms with E-state index in [4.69, 9.17) is 0 Å². The first-order valence-electron chi connectivity index (χ1n) is 10.1. The number of hydrogen-bond acceptors (Lipinski definition) is 5. The third-order valence-electron chi connectivity index (χ3n) is 5.60. The molecule has 1 aliphatic heterocycles. The van der Waals surface area contributed by atoms with Crippen LogP contribution < -0.4 is 4.90 Å². The van der Waals surface area contributed by atoms with Gasteiger partial charge in [-0.05, 0) is 50.2 Å². The van der Waals surface area contributed by atoms with E-state index in [0.29, 0.717) is 31.6 Å². The van der Waals surface area contributed by atoms with E-state index < -0.39 is 16.0 Å². The average molecular weight is 441 g/mol. The van der Waals surface area contributed by atoms with Crippen molar-refractivity contribution in [3.8, 4) is 0 Å². The minimum absolute atomic E-state index is 0.132. The number of anilines is 1. The topological polar surface area (TPSA) is 95.0 Å². The van der Waals surface area contributed by atoms with E-state index in [1.807, 2.05) is 6.07 Å². The van der Waals surface area contributed by atoms with Crippen molar-refractivity contribution in [2.24, 2.45) is 0 Å². The molecule has 0 atom stereocenters. The number of sulfonamides is 1. The number of carbonyl (C=O) groups is 2. The van der Waals surface area contributed by atoms with Crippen LogP contribution >= 0.6 is 11.3 Å². The highest BCUT2D eigenvalue weighted by Gasteiger charge is 2.34. The second-order valence-electron chi connectivity index (χ2n) is 7.62. The summed E-state index contributed by atoms with van der Waals surface area (Å²) in [5.74, 6) is -1.16. The Hall–Kier alpha value is -1.71. The predicted octanol–water partition coefficient (Wildman–Crippen LogP) is 3.57. The molecule has 7 nitrogen and oxygen atoms in total. The van der Waals surface area contributed by atoms with Crippen molar-refractivity contribution < 1.29 is 23.1 Å². The molecule has 0 spiro atoms. The van der Waals surface area contributed by atoms with E-state index >= 15 is 0 Å². The molecule has 1 saturated heterocycles. The molecule has 3 rings (SSSR count). The van der Waals surface area contributed by atoms with Crippen LogP contribution in [0.2, 0.25) is 0 Å². The molecule has 2 heterocycles. The number of hydrogen-bond donors (Lipinski definition) is 1. The third-order valence-corrected chi connectivity index (χ3v) is 8.09. The first-order chi connectivity index (χ1) is 13.7. The van der Waals surface area contributed by atoms with Gasteiger partial charge in [-0.2, -0.15) is 0 Å². The Morgan fingerprint density at radius 1 is 1.28 bits per heavy atom. The Morgan fingerprint density at radius 2 is 1.97 bits per heavy atom. The lowest BCUT2D eigenvalue weighted by atomic mass is 9.98. The maximum Gasteiger partial charge on any atom is 0.348 e. The molecule has 1 fully saturated rings. The summed E-state index contributed by atoms with van der Waals surface area (Å²) in [4.78, 5) is 27.5. The van der Waals surface area contributed by atoms with E-state index in [-0.39, 0.29) is 23.2 Å². The van der Waals surface area contributed by atoms with Crippen LogP contribution in [0.15, 0.2) is 12.1 Å². The van der Waals surface area contributed by atoms with Crippen molar-refractivity contribution in [3.05, 3.63) is 21.9 Å². The van der Waals surface area contributed by atoms with E-state index in [1.54, 1.807) is 11.8 Å². The van der Waals surface area contributed by atoms with Crippen molar-refractivity contribution in [1.82, 2.24) is 4.31 Å². The van der Waals surface area contributed by atoms with Gasteiger partial charge in [-0.1, -0.05) is 13.0 Å². The molecule has 1 amide bonds. The Bertz CT molecular complexity index is 911. The van der Waals surface area contributed by atoms with Gasteiger partial charge in [-0.25, -0.2) is 17.5 Å². The van der Waals surface area contributed by atoms with Crippen LogP contribution in [0.5, 0.6) is 0 Å². The number of nitrogens with zero attached hydrogens (tertiary/aromatic N) is 2. The Kier molecular flexibility index (Phi) is 6.80. The van der Waals surface area contributed by atoms with Crippen molar-refractivity contribution >= 4 is 44.5 Å². The van der Waals surface area contributed by atoms with Gasteiger partial charge in [0.1, 0.15) is 4.88 Å². The van der Waals surface area contributed by atoms with E-state index in [9.17, 15) is 23.1 Å². The van der Waals surface area contributed by atoms with Gasteiger partial charge >= 0.3 is 5.97 Å². The molecule has 0 aromatic carbocycles. The molecule has 0 radical (unpaired) electrons. The number of rotatable bonds is 6. The molecule has 2 aliphatic rings. The van der Waals surface area contributed by atoms with Crippen LogP contribution in [0.4, 0.5) is 5.69 Å². The highest BCUT2D eigenvalue weighted by molar-refractivity contribution is 7.88. The highest BCUT2D eigenvalue weighted by atomic mass is 32.2. The molecule has 29 heavy (non-hydrogen) atoms. The zero-order valence-electron chi connectivity index (χ0n) is 16.9. The monoisotopic (exact) mass is 440 g/mol. The minimum atomic E-state index is -3.27. The first kappa shape index (κ1) is 22.0. The van der Waals surface area contributed by atoms with Crippen molar-refractivity contribution in [1.29, 1.82) is 0 Å². The summed E-state index contributed by atoms with van der Waals surface area (Å²) in [6.07, 6.45) is 8.75. The quantitative estimate of drug-likeness (QED) is 0.730. The van der Waals surface area contributed by atoms with Crippen LogP contribution in [0.1, 0.15) is 66.4 Å². The molecule has 1 N–H and O–H groups in total. The summed E-state index contributed by atoms with van der Waals surface area (Å²) in [6, 6.07) is 1.64. The molecular weight excluding hydrogens is 412 g/mol. The third kappa shape index (κ3) is 4.90. The first-order valence-corrected chi connectivity index (χ1v) is 12.7. The molecule has 1 aliphatic carbocycles. The Morgan fingerprint density at radius 3 is 2.48 bits per heavy atom. The second-order valence-corrected chi connectivity index (χ2v) is 10.7. The number of amides is 1. The second kappa shape index (κ2) is 8.97. The summed E-state index contributed by atoms with van der Waals surface area (Å²) in [5, 5.41) is 9.79. The summed E-state index contributed by atoms with van der Waals surface area (Å²) in [6.45, 7) is 2.43. The molecule has 0 bridgehead atoms. The van der Waals surface area contributed by atoms with Gasteiger partial charge in [-0.15, -0.1) is 11.3 Å². The summed E-state index contributed by atoms with van der Waals surface area (Å²) < 4.78 is 25.0. The summed E-state index contributed by atoms with van der Waals surface area (Å²) >= 11 is 1.23. The van der Waals surface area contributed by atoms with E-state index in [2.05, 4.69) is 6.08 Å². The van der Waals surface area contributed by atoms with Crippen LogP contribution in [0.3, 0.4) is 0 Å². The van der Waals surface area contributed by atoms with Crippen molar-refractivity contribution in [3.63, 3.8) is 0 Å². The summed E-state index contributed by atoms with van der Waals surface area (Å²) in [5.41, 5.74) is 1.61. The van der Waals surface area contributed by atoms with Gasteiger partial charge in [0.15, 0.2) is 0 Å². The van der Waals surface area contributed by atoms with Gasteiger partial charge in [-0.3, -0.25) is 4.79 Å². The fraction of sp³-hybridized carbons (Fsp3) is 0.600. The maximum atomic E-state index is 12.8. The molecule has 0 saturated carbocycles. The van der Waals surface area contributed by atoms with Gasteiger partial charge in [0.25, 0.3) is 0 Å². The number of aromatic carboxylic acids is 1. The van der Waals surface area contributed by atoms with Crippen LogP contribution in [0.25, 0.3) is 5.57 Å². The fourth-order valence-electron chi connectivity index (χ4n) is 4.07. The zero-order valence-corrected chi connectivity index (χ0v) is 18.5. The smallest absolute Gasteiger partial charge is 0.348 e. The van der Waals surface area contributed by atoms with E-state index in [1.165, 1.54) is 21.9 Å².